The van der Waals surface area contributed by atoms with Crippen LogP contribution in [0.2, 0.25) is 0 Å². The molecule has 0 atom stereocenters. The fraction of sp³-hybridized carbons (Fsp3) is 0.500. The molecule has 1 aliphatic heterocycles. The minimum atomic E-state index is -0.0711. The topological polar surface area (TPSA) is 104 Å². The van der Waals surface area contributed by atoms with E-state index in [2.05, 4.69) is 34.2 Å². The van der Waals surface area contributed by atoms with Gasteiger partial charge in [-0.05, 0) is 33.3 Å². The molecular formula is C22H28N6O3S. The Kier molecular flexibility index (Phi) is 6.40. The molecule has 10 heteroatoms. The first-order chi connectivity index (χ1) is 15.3. The molecule has 9 nitrogen and oxygen atoms in total. The van der Waals surface area contributed by atoms with Crippen molar-refractivity contribution >= 4 is 39.2 Å². The Labute approximate surface area is 190 Å². The van der Waals surface area contributed by atoms with Crippen LogP contribution in [0.3, 0.4) is 0 Å². The van der Waals surface area contributed by atoms with E-state index in [1.54, 1.807) is 29.2 Å². The van der Waals surface area contributed by atoms with Crippen LogP contribution in [0.15, 0.2) is 10.6 Å². The Bertz CT molecular complexity index is 1150. The number of hydrogen-bond donors (Lipinski definition) is 1. The van der Waals surface area contributed by atoms with Gasteiger partial charge in [-0.1, -0.05) is 5.16 Å². The van der Waals surface area contributed by atoms with E-state index in [1.807, 2.05) is 6.92 Å². The third kappa shape index (κ3) is 4.74. The monoisotopic (exact) mass is 456 g/mol. The number of fused-ring (bicyclic) bond motifs is 1. The van der Waals surface area contributed by atoms with Gasteiger partial charge in [0.2, 0.25) is 11.8 Å². The van der Waals surface area contributed by atoms with E-state index in [0.717, 1.165) is 16.0 Å². The number of aromatic nitrogens is 3. The van der Waals surface area contributed by atoms with Crippen molar-refractivity contribution in [3.8, 4) is 0 Å². The zero-order valence-corrected chi connectivity index (χ0v) is 19.7. The SMILES string of the molecule is Cc1nc(N2CCNC(=O)CCN(C(=O)Cc3cc(C)on3)CC2)c2c(C)c(C)sc2n1. The maximum absolute atomic E-state index is 13.0. The Morgan fingerprint density at radius 1 is 1.16 bits per heavy atom. The number of hydrogen-bond acceptors (Lipinski definition) is 8. The second-order valence-corrected chi connectivity index (χ2v) is 9.33. The summed E-state index contributed by atoms with van der Waals surface area (Å²) in [6, 6.07) is 1.76. The zero-order chi connectivity index (χ0) is 22.8. The lowest BCUT2D eigenvalue weighted by Gasteiger charge is -2.30. The molecule has 0 radical (unpaired) electrons. The van der Waals surface area contributed by atoms with Crippen molar-refractivity contribution < 1.29 is 14.1 Å². The number of nitrogens with zero attached hydrogens (tertiary/aromatic N) is 5. The molecule has 1 N–H and O–H groups in total. The van der Waals surface area contributed by atoms with Gasteiger partial charge in [0.1, 0.15) is 22.2 Å². The van der Waals surface area contributed by atoms with Crippen molar-refractivity contribution in [2.24, 2.45) is 0 Å². The molecule has 4 rings (SSSR count). The van der Waals surface area contributed by atoms with Crippen LogP contribution < -0.4 is 10.2 Å². The molecule has 0 unspecified atom stereocenters. The molecule has 0 aromatic carbocycles. The predicted molar refractivity (Wildman–Crippen MR) is 123 cm³/mol. The summed E-state index contributed by atoms with van der Waals surface area (Å²) in [4.78, 5) is 40.7. The van der Waals surface area contributed by atoms with Gasteiger partial charge in [-0.15, -0.1) is 11.3 Å². The van der Waals surface area contributed by atoms with Gasteiger partial charge >= 0.3 is 0 Å². The standard InChI is InChI=1S/C22H28N6O3S/c1-13-11-17(26-31-13)12-19(30)27-7-5-18(29)23-6-8-28(10-9-27)21-20-14(2)15(3)32-22(20)25-16(4)24-21/h11H,5-10,12H2,1-4H3,(H,23,29). The minimum Gasteiger partial charge on any atom is -0.361 e. The molecule has 0 aliphatic carbocycles. The summed E-state index contributed by atoms with van der Waals surface area (Å²) >= 11 is 1.67. The molecule has 3 aromatic rings. The highest BCUT2D eigenvalue weighted by atomic mass is 32.1. The van der Waals surface area contributed by atoms with E-state index in [9.17, 15) is 9.59 Å². The van der Waals surface area contributed by atoms with Crippen molar-refractivity contribution in [2.75, 3.05) is 37.6 Å². The lowest BCUT2D eigenvalue weighted by molar-refractivity contribution is -0.131. The Morgan fingerprint density at radius 2 is 1.97 bits per heavy atom. The quantitative estimate of drug-likeness (QED) is 0.645. The summed E-state index contributed by atoms with van der Waals surface area (Å²) in [6.45, 7) is 10.5. The Hall–Kier alpha value is -3.01. The first-order valence-corrected chi connectivity index (χ1v) is 11.6. The van der Waals surface area contributed by atoms with Crippen molar-refractivity contribution in [3.05, 3.63) is 33.8 Å². The first kappa shape index (κ1) is 22.2. The van der Waals surface area contributed by atoms with Gasteiger partial charge in [-0.2, -0.15) is 0 Å². The molecule has 0 bridgehead atoms. The number of rotatable bonds is 3. The van der Waals surface area contributed by atoms with E-state index in [4.69, 9.17) is 9.51 Å². The summed E-state index contributed by atoms with van der Waals surface area (Å²) in [6.07, 6.45) is 0.432. The number of aryl methyl sites for hydroxylation is 4. The maximum atomic E-state index is 13.0. The third-order valence-electron chi connectivity index (χ3n) is 5.74. The summed E-state index contributed by atoms with van der Waals surface area (Å²) < 4.78 is 5.08. The highest BCUT2D eigenvalue weighted by Gasteiger charge is 2.23. The second-order valence-electron chi connectivity index (χ2n) is 8.13. The Morgan fingerprint density at radius 3 is 2.72 bits per heavy atom. The summed E-state index contributed by atoms with van der Waals surface area (Å²) in [5, 5.41) is 7.94. The molecule has 1 saturated heterocycles. The molecule has 32 heavy (non-hydrogen) atoms. The van der Waals surface area contributed by atoms with Gasteiger partial charge in [0.05, 0.1) is 17.5 Å². The lowest BCUT2D eigenvalue weighted by atomic mass is 10.2. The van der Waals surface area contributed by atoms with Gasteiger partial charge in [0.15, 0.2) is 0 Å². The van der Waals surface area contributed by atoms with Crippen molar-refractivity contribution in [1.29, 1.82) is 0 Å². The highest BCUT2D eigenvalue weighted by molar-refractivity contribution is 7.18. The fourth-order valence-corrected chi connectivity index (χ4v) is 4.98. The van der Waals surface area contributed by atoms with Crippen molar-refractivity contribution in [2.45, 2.75) is 40.5 Å². The van der Waals surface area contributed by atoms with Crippen LogP contribution in [0.1, 0.15) is 34.1 Å². The number of anilines is 1. The van der Waals surface area contributed by atoms with Crippen LogP contribution in [-0.2, 0) is 16.0 Å². The van der Waals surface area contributed by atoms with Crippen LogP contribution in [0.4, 0.5) is 5.82 Å². The van der Waals surface area contributed by atoms with Crippen LogP contribution in [0, 0.1) is 27.7 Å². The summed E-state index contributed by atoms with van der Waals surface area (Å²) in [5.74, 6) is 2.11. The summed E-state index contributed by atoms with van der Waals surface area (Å²) in [7, 11) is 0. The first-order valence-electron chi connectivity index (χ1n) is 10.8. The average molecular weight is 457 g/mol. The lowest BCUT2D eigenvalue weighted by Crippen LogP contribution is -2.45. The molecule has 1 fully saturated rings. The van der Waals surface area contributed by atoms with Crippen LogP contribution >= 0.6 is 11.3 Å². The second kappa shape index (κ2) is 9.23. The van der Waals surface area contributed by atoms with Gasteiger partial charge in [0.25, 0.3) is 0 Å². The predicted octanol–water partition coefficient (Wildman–Crippen LogP) is 2.31. The Balaban J connectivity index is 1.60. The highest BCUT2D eigenvalue weighted by Crippen LogP contribution is 2.34. The van der Waals surface area contributed by atoms with Gasteiger partial charge < -0.3 is 19.6 Å². The number of carbonyl (C=O) groups is 2. The van der Waals surface area contributed by atoms with Crippen molar-refractivity contribution in [3.63, 3.8) is 0 Å². The number of carbonyl (C=O) groups excluding carboxylic acids is 2. The number of nitrogens with one attached hydrogen (secondary N) is 1. The number of thiophene rings is 1. The van der Waals surface area contributed by atoms with E-state index in [0.29, 0.717) is 50.0 Å². The molecule has 0 spiro atoms. The molecular weight excluding hydrogens is 428 g/mol. The van der Waals surface area contributed by atoms with Crippen LogP contribution in [0.5, 0.6) is 0 Å². The maximum Gasteiger partial charge on any atom is 0.228 e. The number of amides is 2. The summed E-state index contributed by atoms with van der Waals surface area (Å²) in [5.41, 5.74) is 1.78. The molecule has 0 saturated carbocycles. The smallest absolute Gasteiger partial charge is 0.228 e. The molecule has 170 valence electrons. The third-order valence-corrected chi connectivity index (χ3v) is 6.84. The minimum absolute atomic E-state index is 0.0616. The van der Waals surface area contributed by atoms with Crippen LogP contribution in [-0.4, -0.2) is 64.6 Å². The average Bonchev–Trinajstić information content (AvgIpc) is 3.27. The van der Waals surface area contributed by atoms with E-state index >= 15 is 0 Å². The molecule has 3 aromatic heterocycles. The largest absolute Gasteiger partial charge is 0.361 e. The van der Waals surface area contributed by atoms with Gasteiger partial charge in [-0.25, -0.2) is 9.97 Å². The fourth-order valence-electron chi connectivity index (χ4n) is 3.91. The van der Waals surface area contributed by atoms with Gasteiger partial charge in [-0.3, -0.25) is 9.59 Å². The van der Waals surface area contributed by atoms with Crippen LogP contribution in [0.25, 0.3) is 10.2 Å². The van der Waals surface area contributed by atoms with E-state index in [-0.39, 0.29) is 24.7 Å². The van der Waals surface area contributed by atoms with E-state index in [1.165, 1.54) is 10.4 Å². The molecule has 1 aliphatic rings. The van der Waals surface area contributed by atoms with E-state index < -0.39 is 0 Å². The zero-order valence-electron chi connectivity index (χ0n) is 18.9. The van der Waals surface area contributed by atoms with Crippen molar-refractivity contribution in [1.82, 2.24) is 25.3 Å². The van der Waals surface area contributed by atoms with Gasteiger partial charge in [0, 0.05) is 50.1 Å². The molecule has 4 heterocycles. The molecule has 2 amide bonds. The normalized spacial score (nSPS) is 15.8.